The molecule has 0 heterocycles. The molecule has 0 aromatic rings. The van der Waals surface area contributed by atoms with Crippen LogP contribution in [0.4, 0.5) is 26.3 Å². The number of hydrazine groups is 1. The average Bonchev–Trinajstić information content (AvgIpc) is 2.25. The smallest absolute Gasteiger partial charge is 0.273 e. The number of halogens is 6. The quantitative estimate of drug-likeness (QED) is 0.610. The molecular formula is C8H6F6N2O2. The van der Waals surface area contributed by atoms with Gasteiger partial charge in [-0.1, -0.05) is 0 Å². The Balaban J connectivity index is 4.12. The molecule has 0 bridgehead atoms. The second kappa shape index (κ2) is 7.35. The van der Waals surface area contributed by atoms with Crippen molar-refractivity contribution in [1.82, 2.24) is 10.9 Å². The fourth-order valence-corrected chi connectivity index (χ4v) is 0.643. The fraction of sp³-hybridized carbons (Fsp3) is 0.250. The first kappa shape index (κ1) is 16.0. The topological polar surface area (TPSA) is 58.2 Å². The van der Waals surface area contributed by atoms with Crippen molar-refractivity contribution in [2.45, 2.75) is 12.8 Å². The zero-order chi connectivity index (χ0) is 14.3. The van der Waals surface area contributed by atoms with E-state index in [1.807, 2.05) is 0 Å². The number of carbonyl (C=O) groups is 2. The van der Waals surface area contributed by atoms with Crippen molar-refractivity contribution in [2.75, 3.05) is 0 Å². The summed E-state index contributed by atoms with van der Waals surface area (Å²) in [6.45, 7) is 0. The standard InChI is InChI=1S/C8H6F6N2O2/c9-3(7(11)12)1-5(17)15-16-6(18)2-4(10)8(13)14/h1-2H2,(H,15,17)(H,16,18). The lowest BCUT2D eigenvalue weighted by atomic mass is 10.3. The molecule has 0 aliphatic rings. The minimum absolute atomic E-state index is 1.35. The van der Waals surface area contributed by atoms with Crippen molar-refractivity contribution in [3.8, 4) is 0 Å². The van der Waals surface area contributed by atoms with E-state index in [1.165, 1.54) is 10.9 Å². The summed E-state index contributed by atoms with van der Waals surface area (Å²) in [4.78, 5) is 21.4. The summed E-state index contributed by atoms with van der Waals surface area (Å²) in [6.07, 6.45) is -8.11. The number of hydrogen-bond donors (Lipinski definition) is 2. The highest BCUT2D eigenvalue weighted by Crippen LogP contribution is 2.13. The van der Waals surface area contributed by atoms with Crippen molar-refractivity contribution < 1.29 is 35.9 Å². The summed E-state index contributed by atoms with van der Waals surface area (Å²) in [6, 6.07) is 0. The molecule has 0 unspecified atom stereocenters. The molecule has 0 aromatic heterocycles. The lowest BCUT2D eigenvalue weighted by Crippen LogP contribution is -2.41. The molecule has 18 heavy (non-hydrogen) atoms. The van der Waals surface area contributed by atoms with Crippen molar-refractivity contribution in [1.29, 1.82) is 0 Å². The highest BCUT2D eigenvalue weighted by Gasteiger charge is 2.14. The van der Waals surface area contributed by atoms with E-state index in [0.29, 0.717) is 0 Å². The normalized spacial score (nSPS) is 9.44. The highest BCUT2D eigenvalue weighted by molar-refractivity contribution is 5.83. The van der Waals surface area contributed by atoms with Crippen LogP contribution >= 0.6 is 0 Å². The van der Waals surface area contributed by atoms with Gasteiger partial charge in [0.15, 0.2) is 11.7 Å². The lowest BCUT2D eigenvalue weighted by Gasteiger charge is -2.05. The van der Waals surface area contributed by atoms with Crippen LogP contribution in [0, 0.1) is 0 Å². The Kier molecular flexibility index (Phi) is 6.53. The predicted molar refractivity (Wildman–Crippen MR) is 46.2 cm³/mol. The fourth-order valence-electron chi connectivity index (χ4n) is 0.643. The molecule has 2 N–H and O–H groups in total. The second-order valence-corrected chi connectivity index (χ2v) is 2.78. The van der Waals surface area contributed by atoms with E-state index in [0.717, 1.165) is 0 Å². The van der Waals surface area contributed by atoms with Crippen LogP contribution in [0.15, 0.2) is 23.8 Å². The van der Waals surface area contributed by atoms with Crippen LogP contribution in [0.2, 0.25) is 0 Å². The summed E-state index contributed by atoms with van der Waals surface area (Å²) >= 11 is 0. The van der Waals surface area contributed by atoms with Gasteiger partial charge in [0, 0.05) is 0 Å². The summed E-state index contributed by atoms with van der Waals surface area (Å²) < 4.78 is 70.6. The molecule has 0 fully saturated rings. The maximum Gasteiger partial charge on any atom is 0.302 e. The first-order valence-electron chi connectivity index (χ1n) is 4.21. The number of hydrogen-bond acceptors (Lipinski definition) is 2. The van der Waals surface area contributed by atoms with Crippen LogP contribution in [-0.4, -0.2) is 11.8 Å². The van der Waals surface area contributed by atoms with Gasteiger partial charge >= 0.3 is 12.2 Å². The lowest BCUT2D eigenvalue weighted by molar-refractivity contribution is -0.128. The maximum atomic E-state index is 12.2. The van der Waals surface area contributed by atoms with Crippen molar-refractivity contribution >= 4 is 11.8 Å². The molecule has 0 saturated carbocycles. The van der Waals surface area contributed by atoms with E-state index in [2.05, 4.69) is 0 Å². The Hall–Kier alpha value is -2.00. The number of rotatable bonds is 4. The average molecular weight is 276 g/mol. The molecule has 2 amide bonds. The number of amides is 2. The molecule has 0 radical (unpaired) electrons. The van der Waals surface area contributed by atoms with E-state index in [9.17, 15) is 35.9 Å². The molecular weight excluding hydrogens is 270 g/mol. The Morgan fingerprint density at radius 2 is 0.944 bits per heavy atom. The molecule has 0 rings (SSSR count). The van der Waals surface area contributed by atoms with Crippen LogP contribution < -0.4 is 10.9 Å². The van der Waals surface area contributed by atoms with E-state index < -0.39 is 48.5 Å². The van der Waals surface area contributed by atoms with Gasteiger partial charge in [0.1, 0.15) is 0 Å². The minimum Gasteiger partial charge on any atom is -0.273 e. The molecule has 102 valence electrons. The van der Waals surface area contributed by atoms with Gasteiger partial charge in [0.2, 0.25) is 11.8 Å². The van der Waals surface area contributed by atoms with E-state index in [4.69, 9.17) is 0 Å². The van der Waals surface area contributed by atoms with Crippen molar-refractivity contribution in [2.24, 2.45) is 0 Å². The van der Waals surface area contributed by atoms with Gasteiger partial charge < -0.3 is 0 Å². The van der Waals surface area contributed by atoms with Gasteiger partial charge in [-0.2, -0.15) is 17.6 Å². The van der Waals surface area contributed by atoms with Gasteiger partial charge in [-0.15, -0.1) is 0 Å². The van der Waals surface area contributed by atoms with Gasteiger partial charge in [0.25, 0.3) is 0 Å². The zero-order valence-electron chi connectivity index (χ0n) is 8.50. The van der Waals surface area contributed by atoms with Crippen molar-refractivity contribution in [3.63, 3.8) is 0 Å². The third-order valence-electron chi connectivity index (χ3n) is 1.38. The van der Waals surface area contributed by atoms with Crippen LogP contribution in [-0.2, 0) is 9.59 Å². The summed E-state index contributed by atoms with van der Waals surface area (Å²) in [5.74, 6) is -6.75. The number of carbonyl (C=O) groups excluding carboxylic acids is 2. The molecule has 0 aromatic carbocycles. The molecule has 10 heteroatoms. The highest BCUT2D eigenvalue weighted by atomic mass is 19.3. The van der Waals surface area contributed by atoms with Crippen LogP contribution in [0.5, 0.6) is 0 Å². The van der Waals surface area contributed by atoms with E-state index in [-0.39, 0.29) is 0 Å². The zero-order valence-corrected chi connectivity index (χ0v) is 8.50. The SMILES string of the molecule is O=C(CC(F)=C(F)F)NNC(=O)CC(F)=C(F)F. The third kappa shape index (κ3) is 6.55. The summed E-state index contributed by atoms with van der Waals surface area (Å²) in [5.41, 5.74) is 2.86. The first-order valence-corrected chi connectivity index (χ1v) is 4.21. The molecule has 0 aliphatic heterocycles. The summed E-state index contributed by atoms with van der Waals surface area (Å²) in [5, 5.41) is 0. The molecule has 0 spiro atoms. The minimum atomic E-state index is -2.70. The molecule has 4 nitrogen and oxygen atoms in total. The molecule has 0 saturated heterocycles. The maximum absolute atomic E-state index is 12.2. The van der Waals surface area contributed by atoms with E-state index in [1.54, 1.807) is 0 Å². The molecule has 0 atom stereocenters. The van der Waals surface area contributed by atoms with Gasteiger partial charge in [-0.3, -0.25) is 20.4 Å². The van der Waals surface area contributed by atoms with Crippen LogP contribution in [0.1, 0.15) is 12.8 Å². The monoisotopic (exact) mass is 276 g/mol. The third-order valence-corrected chi connectivity index (χ3v) is 1.38. The first-order chi connectivity index (χ1) is 8.23. The molecule has 0 aliphatic carbocycles. The largest absolute Gasteiger partial charge is 0.302 e. The Morgan fingerprint density at radius 1 is 0.667 bits per heavy atom. The Bertz CT molecular complexity index is 360. The van der Waals surface area contributed by atoms with Gasteiger partial charge in [0.05, 0.1) is 12.8 Å². The van der Waals surface area contributed by atoms with Crippen LogP contribution in [0.25, 0.3) is 0 Å². The van der Waals surface area contributed by atoms with Gasteiger partial charge in [-0.25, -0.2) is 8.78 Å². The second-order valence-electron chi connectivity index (χ2n) is 2.78. The Morgan fingerprint density at radius 3 is 1.17 bits per heavy atom. The van der Waals surface area contributed by atoms with E-state index >= 15 is 0 Å². The Labute approximate surface area is 96.3 Å². The summed E-state index contributed by atoms with van der Waals surface area (Å²) in [7, 11) is 0. The van der Waals surface area contributed by atoms with Crippen molar-refractivity contribution in [3.05, 3.63) is 23.8 Å². The van der Waals surface area contributed by atoms with Crippen LogP contribution in [0.3, 0.4) is 0 Å². The van der Waals surface area contributed by atoms with Gasteiger partial charge in [-0.05, 0) is 0 Å². The predicted octanol–water partition coefficient (Wildman–Crippen LogP) is 2.07. The number of nitrogens with one attached hydrogen (secondary N) is 2.